The van der Waals surface area contributed by atoms with E-state index < -0.39 is 11.2 Å². The van der Waals surface area contributed by atoms with Crippen LogP contribution in [0.1, 0.15) is 0 Å². The average molecular weight is 259 g/mol. The van der Waals surface area contributed by atoms with E-state index in [1.54, 1.807) is 12.1 Å². The summed E-state index contributed by atoms with van der Waals surface area (Å²) < 4.78 is 7.37. The number of furan rings is 1. The van der Waals surface area contributed by atoms with E-state index in [4.69, 9.17) is 4.42 Å². The lowest BCUT2D eigenvalue weighted by molar-refractivity contribution is 0.575. The second kappa shape index (κ2) is 3.87. The van der Waals surface area contributed by atoms with Crippen LogP contribution >= 0.6 is 0 Å². The van der Waals surface area contributed by atoms with E-state index in [9.17, 15) is 9.59 Å². The van der Waals surface area contributed by atoms with Gasteiger partial charge in [0.15, 0.2) is 16.9 Å². The molecule has 19 heavy (non-hydrogen) atoms. The molecule has 3 aromatic heterocycles. The molecule has 0 amide bonds. The molecule has 0 saturated carbocycles. The summed E-state index contributed by atoms with van der Waals surface area (Å²) in [4.78, 5) is 27.9. The molecule has 0 spiro atoms. The predicted molar refractivity (Wildman–Crippen MR) is 65.5 cm³/mol. The van der Waals surface area contributed by atoms with Crippen molar-refractivity contribution in [2.75, 3.05) is 0 Å². The molecule has 0 saturated heterocycles. The number of hydrogen-bond donors (Lipinski definition) is 0. The highest BCUT2D eigenvalue weighted by molar-refractivity contribution is 5.69. The molecule has 0 atom stereocenters. The lowest BCUT2D eigenvalue weighted by Crippen LogP contribution is -2.38. The number of aromatic nitrogens is 5. The molecule has 0 fully saturated rings. The van der Waals surface area contributed by atoms with Gasteiger partial charge in [-0.25, -0.2) is 9.78 Å². The van der Waals surface area contributed by atoms with Crippen molar-refractivity contribution in [3.05, 3.63) is 39.2 Å². The van der Waals surface area contributed by atoms with E-state index in [0.29, 0.717) is 5.76 Å². The third kappa shape index (κ3) is 1.57. The van der Waals surface area contributed by atoms with Crippen LogP contribution in [0.15, 0.2) is 32.4 Å². The van der Waals surface area contributed by atoms with Gasteiger partial charge in [-0.15, -0.1) is 10.2 Å². The van der Waals surface area contributed by atoms with E-state index in [1.165, 1.54) is 24.9 Å². The van der Waals surface area contributed by atoms with Gasteiger partial charge in [0.1, 0.15) is 0 Å². The summed E-state index contributed by atoms with van der Waals surface area (Å²) in [6.07, 6.45) is 1.48. The monoisotopic (exact) mass is 259 g/mol. The van der Waals surface area contributed by atoms with Crippen molar-refractivity contribution in [2.45, 2.75) is 0 Å². The van der Waals surface area contributed by atoms with E-state index in [0.717, 1.165) is 4.57 Å². The molecule has 96 valence electrons. The molecule has 0 bridgehead atoms. The average Bonchev–Trinajstić information content (AvgIpc) is 2.96. The number of fused-ring (bicyclic) bond motifs is 1. The highest BCUT2D eigenvalue weighted by atomic mass is 16.3. The van der Waals surface area contributed by atoms with E-state index in [1.807, 2.05) is 0 Å². The molecule has 3 heterocycles. The number of nitrogens with zero attached hydrogens (tertiary/aromatic N) is 5. The summed E-state index contributed by atoms with van der Waals surface area (Å²) in [6, 6.07) is 3.36. The summed E-state index contributed by atoms with van der Waals surface area (Å²) >= 11 is 0. The van der Waals surface area contributed by atoms with Gasteiger partial charge in [0.05, 0.1) is 6.26 Å². The van der Waals surface area contributed by atoms with Crippen LogP contribution < -0.4 is 11.2 Å². The highest BCUT2D eigenvalue weighted by Crippen LogP contribution is 2.14. The van der Waals surface area contributed by atoms with Gasteiger partial charge in [0, 0.05) is 14.1 Å². The Hall–Kier alpha value is -2.77. The molecule has 0 unspecified atom stereocenters. The molecule has 8 heteroatoms. The molecule has 0 N–H and O–H groups in total. The first-order valence-corrected chi connectivity index (χ1v) is 5.44. The van der Waals surface area contributed by atoms with Gasteiger partial charge < -0.3 is 4.42 Å². The minimum Gasteiger partial charge on any atom is -0.461 e. The minimum atomic E-state index is -0.524. The van der Waals surface area contributed by atoms with E-state index in [-0.39, 0.29) is 17.0 Å². The van der Waals surface area contributed by atoms with Crippen LogP contribution in [0, 0.1) is 0 Å². The smallest absolute Gasteiger partial charge is 0.332 e. The van der Waals surface area contributed by atoms with Gasteiger partial charge in [-0.05, 0) is 12.1 Å². The minimum absolute atomic E-state index is 0.0416. The van der Waals surface area contributed by atoms with E-state index >= 15 is 0 Å². The van der Waals surface area contributed by atoms with Crippen LogP contribution in [0.2, 0.25) is 0 Å². The van der Waals surface area contributed by atoms with Crippen molar-refractivity contribution in [3.8, 4) is 11.6 Å². The number of aryl methyl sites for hydroxylation is 1. The molecular weight excluding hydrogens is 250 g/mol. The molecule has 0 aromatic carbocycles. The summed E-state index contributed by atoms with van der Waals surface area (Å²) in [5.41, 5.74) is -0.776. The molecule has 0 aliphatic carbocycles. The first-order chi connectivity index (χ1) is 9.09. The SMILES string of the molecule is Cn1c(=O)c2nnc(-c3ccco3)nc2n(C)c1=O. The second-order valence-corrected chi connectivity index (χ2v) is 3.99. The Balaban J connectivity index is 2.42. The van der Waals surface area contributed by atoms with Crippen molar-refractivity contribution in [2.24, 2.45) is 14.1 Å². The lowest BCUT2D eigenvalue weighted by Gasteiger charge is -2.05. The molecule has 8 nitrogen and oxygen atoms in total. The third-order valence-corrected chi connectivity index (χ3v) is 2.81. The summed E-state index contributed by atoms with van der Waals surface area (Å²) in [7, 11) is 2.90. The quantitative estimate of drug-likeness (QED) is 0.594. The maximum absolute atomic E-state index is 11.9. The Morgan fingerprint density at radius 1 is 1.16 bits per heavy atom. The van der Waals surface area contributed by atoms with Crippen LogP contribution in [0.25, 0.3) is 22.7 Å². The fourth-order valence-electron chi connectivity index (χ4n) is 1.76. The van der Waals surface area contributed by atoms with Crippen LogP contribution in [0.3, 0.4) is 0 Å². The maximum atomic E-state index is 11.9. The molecule has 0 aliphatic rings. The fraction of sp³-hybridized carbons (Fsp3) is 0.182. The zero-order valence-electron chi connectivity index (χ0n) is 10.2. The number of hydrogen-bond acceptors (Lipinski definition) is 6. The predicted octanol–water partition coefficient (Wildman–Crippen LogP) is -0.318. The van der Waals surface area contributed by atoms with Gasteiger partial charge in [0.25, 0.3) is 5.56 Å². The van der Waals surface area contributed by atoms with Gasteiger partial charge in [0.2, 0.25) is 5.82 Å². The van der Waals surface area contributed by atoms with Crippen molar-refractivity contribution in [1.29, 1.82) is 0 Å². The van der Waals surface area contributed by atoms with Gasteiger partial charge in [-0.1, -0.05) is 0 Å². The Labute approximate surface area is 106 Å². The topological polar surface area (TPSA) is 95.8 Å². The van der Waals surface area contributed by atoms with Crippen molar-refractivity contribution < 1.29 is 4.42 Å². The second-order valence-electron chi connectivity index (χ2n) is 3.99. The fourth-order valence-corrected chi connectivity index (χ4v) is 1.76. The van der Waals surface area contributed by atoms with Crippen LogP contribution in [-0.2, 0) is 14.1 Å². The van der Waals surface area contributed by atoms with Crippen LogP contribution in [-0.4, -0.2) is 24.3 Å². The standard InChI is InChI=1S/C11H9N5O3/c1-15-9-7(10(17)16(2)11(15)18)13-14-8(12-9)6-4-3-5-19-6/h3-5H,1-2H3. The van der Waals surface area contributed by atoms with Crippen LogP contribution in [0.5, 0.6) is 0 Å². The Kier molecular flexibility index (Phi) is 2.31. The Morgan fingerprint density at radius 2 is 1.95 bits per heavy atom. The number of rotatable bonds is 1. The third-order valence-electron chi connectivity index (χ3n) is 2.81. The largest absolute Gasteiger partial charge is 0.461 e. The molecular formula is C11H9N5O3. The Morgan fingerprint density at radius 3 is 2.63 bits per heavy atom. The summed E-state index contributed by atoms with van der Waals surface area (Å²) in [5, 5.41) is 7.67. The summed E-state index contributed by atoms with van der Waals surface area (Å²) in [6.45, 7) is 0. The van der Waals surface area contributed by atoms with Gasteiger partial charge in [-0.3, -0.25) is 13.9 Å². The van der Waals surface area contributed by atoms with Crippen molar-refractivity contribution in [1.82, 2.24) is 24.3 Å². The molecule has 3 aromatic rings. The zero-order chi connectivity index (χ0) is 13.6. The van der Waals surface area contributed by atoms with Gasteiger partial charge >= 0.3 is 5.69 Å². The van der Waals surface area contributed by atoms with Crippen molar-refractivity contribution >= 4 is 11.2 Å². The Bertz CT molecular complexity index is 876. The zero-order valence-corrected chi connectivity index (χ0v) is 10.2. The lowest BCUT2D eigenvalue weighted by atomic mass is 10.4. The highest BCUT2D eigenvalue weighted by Gasteiger charge is 2.14. The molecule has 0 radical (unpaired) electrons. The normalized spacial score (nSPS) is 11.1. The maximum Gasteiger partial charge on any atom is 0.332 e. The summed E-state index contributed by atoms with van der Waals surface area (Å²) in [5.74, 6) is 0.642. The van der Waals surface area contributed by atoms with E-state index in [2.05, 4.69) is 15.2 Å². The molecule has 0 aliphatic heterocycles. The van der Waals surface area contributed by atoms with Crippen molar-refractivity contribution in [3.63, 3.8) is 0 Å². The molecule has 3 rings (SSSR count). The first-order valence-electron chi connectivity index (χ1n) is 5.44. The van der Waals surface area contributed by atoms with Gasteiger partial charge in [-0.2, -0.15) is 0 Å². The van der Waals surface area contributed by atoms with Crippen LogP contribution in [0.4, 0.5) is 0 Å². The first kappa shape index (κ1) is 11.3.